The number of rotatable bonds is 14. The molecular formula is C25H36N4O6. The van der Waals surface area contributed by atoms with Gasteiger partial charge in [0.15, 0.2) is 5.78 Å². The first kappa shape index (κ1) is 28.0. The van der Waals surface area contributed by atoms with E-state index in [1.165, 1.54) is 0 Å². The number of carboxylic acid groups (broad SMARTS) is 1. The van der Waals surface area contributed by atoms with Gasteiger partial charge in [0, 0.05) is 6.42 Å². The zero-order valence-corrected chi connectivity index (χ0v) is 20.4. The molecule has 5 N–H and O–H groups in total. The molecule has 0 radical (unpaired) electrons. The molecule has 1 heterocycles. The molecule has 10 nitrogen and oxygen atoms in total. The number of carbonyl (C=O) groups excluding carboxylic acids is 4. The van der Waals surface area contributed by atoms with E-state index in [2.05, 4.69) is 10.6 Å². The van der Waals surface area contributed by atoms with Crippen molar-refractivity contribution in [3.8, 4) is 0 Å². The lowest BCUT2D eigenvalue weighted by molar-refractivity contribution is -0.142. The van der Waals surface area contributed by atoms with E-state index < -0.39 is 42.3 Å². The van der Waals surface area contributed by atoms with Crippen LogP contribution in [-0.2, 0) is 30.4 Å². The van der Waals surface area contributed by atoms with Crippen LogP contribution in [-0.4, -0.2) is 70.7 Å². The van der Waals surface area contributed by atoms with Gasteiger partial charge in [0.05, 0.1) is 19.0 Å². The van der Waals surface area contributed by atoms with E-state index >= 15 is 0 Å². The van der Waals surface area contributed by atoms with Crippen molar-refractivity contribution >= 4 is 29.5 Å². The molecule has 1 aromatic carbocycles. The molecule has 1 saturated heterocycles. The average molecular weight is 489 g/mol. The Kier molecular flexibility index (Phi) is 10.8. The van der Waals surface area contributed by atoms with Gasteiger partial charge in [-0.1, -0.05) is 44.2 Å². The molecule has 0 aliphatic carbocycles. The van der Waals surface area contributed by atoms with E-state index in [4.69, 9.17) is 5.73 Å². The third-order valence-electron chi connectivity index (χ3n) is 6.00. The molecule has 10 heteroatoms. The number of nitrogens with zero attached hydrogens (tertiary/aromatic N) is 1. The number of likely N-dealkylation sites (tertiary alicyclic amines) is 1. The SMILES string of the molecule is CC(C)CCC(=O)N[C@@H](CC(N)=O)C(=O)N[C@@H](Cc1ccccc1)C(=O)CN1CCC[C@H]1C(=O)O. The van der Waals surface area contributed by atoms with Gasteiger partial charge in [-0.3, -0.25) is 28.9 Å². The molecule has 192 valence electrons. The minimum atomic E-state index is -1.21. The Morgan fingerprint density at radius 3 is 2.37 bits per heavy atom. The highest BCUT2D eigenvalue weighted by Gasteiger charge is 2.34. The molecule has 1 aliphatic heterocycles. The lowest BCUT2D eigenvalue weighted by Crippen LogP contribution is -2.55. The predicted molar refractivity (Wildman–Crippen MR) is 129 cm³/mol. The number of hydrogen-bond acceptors (Lipinski definition) is 6. The summed E-state index contributed by atoms with van der Waals surface area (Å²) in [4.78, 5) is 63.3. The molecule has 35 heavy (non-hydrogen) atoms. The van der Waals surface area contributed by atoms with Crippen LogP contribution in [0.5, 0.6) is 0 Å². The van der Waals surface area contributed by atoms with E-state index in [9.17, 15) is 29.1 Å². The van der Waals surface area contributed by atoms with Crippen molar-refractivity contribution in [1.82, 2.24) is 15.5 Å². The maximum Gasteiger partial charge on any atom is 0.320 e. The first-order valence-corrected chi connectivity index (χ1v) is 12.0. The minimum absolute atomic E-state index is 0.129. The zero-order chi connectivity index (χ0) is 26.0. The second kappa shape index (κ2) is 13.6. The summed E-state index contributed by atoms with van der Waals surface area (Å²) in [5.41, 5.74) is 6.10. The van der Waals surface area contributed by atoms with Crippen LogP contribution in [0, 0.1) is 5.92 Å². The van der Waals surface area contributed by atoms with Gasteiger partial charge in [-0.05, 0) is 43.7 Å². The van der Waals surface area contributed by atoms with E-state index in [-0.39, 0.29) is 37.0 Å². The van der Waals surface area contributed by atoms with Gasteiger partial charge in [-0.15, -0.1) is 0 Å². The van der Waals surface area contributed by atoms with Gasteiger partial charge in [0.25, 0.3) is 0 Å². The smallest absolute Gasteiger partial charge is 0.320 e. The van der Waals surface area contributed by atoms with E-state index in [0.29, 0.717) is 25.8 Å². The summed E-state index contributed by atoms with van der Waals surface area (Å²) < 4.78 is 0. The number of primary amides is 1. The highest BCUT2D eigenvalue weighted by atomic mass is 16.4. The number of nitrogens with two attached hydrogens (primary N) is 1. The van der Waals surface area contributed by atoms with Crippen molar-refractivity contribution in [3.05, 3.63) is 35.9 Å². The minimum Gasteiger partial charge on any atom is -0.480 e. The van der Waals surface area contributed by atoms with Gasteiger partial charge >= 0.3 is 5.97 Å². The number of Topliss-reactive ketones (excluding diaryl/α,β-unsaturated/α-hetero) is 1. The van der Waals surface area contributed by atoms with Crippen LogP contribution in [0.4, 0.5) is 0 Å². The van der Waals surface area contributed by atoms with Crippen LogP contribution in [0.15, 0.2) is 30.3 Å². The fourth-order valence-electron chi connectivity index (χ4n) is 4.07. The van der Waals surface area contributed by atoms with Crippen LogP contribution in [0.3, 0.4) is 0 Å². The van der Waals surface area contributed by atoms with Crippen LogP contribution in [0.25, 0.3) is 0 Å². The van der Waals surface area contributed by atoms with E-state index in [0.717, 1.165) is 5.56 Å². The number of carbonyl (C=O) groups is 5. The van der Waals surface area contributed by atoms with Crippen molar-refractivity contribution in [1.29, 1.82) is 0 Å². The zero-order valence-electron chi connectivity index (χ0n) is 20.4. The van der Waals surface area contributed by atoms with Gasteiger partial charge in [0.1, 0.15) is 12.1 Å². The Morgan fingerprint density at radius 1 is 1.09 bits per heavy atom. The van der Waals surface area contributed by atoms with Crippen molar-refractivity contribution in [2.75, 3.05) is 13.1 Å². The first-order chi connectivity index (χ1) is 16.6. The summed E-state index contributed by atoms with van der Waals surface area (Å²) in [6.45, 7) is 4.28. The molecule has 0 unspecified atom stereocenters. The second-order valence-electron chi connectivity index (χ2n) is 9.41. The molecule has 0 aromatic heterocycles. The lowest BCUT2D eigenvalue weighted by Gasteiger charge is -2.26. The number of aliphatic carboxylic acids is 1. The number of amides is 3. The summed E-state index contributed by atoms with van der Waals surface area (Å²) in [6.07, 6.45) is 1.72. The third kappa shape index (κ3) is 9.48. The predicted octanol–water partition coefficient (Wildman–Crippen LogP) is 0.628. The number of benzene rings is 1. The summed E-state index contributed by atoms with van der Waals surface area (Å²) in [7, 11) is 0. The van der Waals surface area contributed by atoms with Crippen LogP contribution in [0.2, 0.25) is 0 Å². The van der Waals surface area contributed by atoms with E-state index in [1.807, 2.05) is 44.2 Å². The number of carboxylic acids is 1. The van der Waals surface area contributed by atoms with Crippen molar-refractivity contribution in [3.63, 3.8) is 0 Å². The topological polar surface area (TPSA) is 159 Å². The van der Waals surface area contributed by atoms with Gasteiger partial charge < -0.3 is 21.5 Å². The van der Waals surface area contributed by atoms with Gasteiger partial charge in [0.2, 0.25) is 17.7 Å². The van der Waals surface area contributed by atoms with Crippen LogP contribution in [0.1, 0.15) is 51.5 Å². The van der Waals surface area contributed by atoms with E-state index in [1.54, 1.807) is 4.90 Å². The summed E-state index contributed by atoms with van der Waals surface area (Å²) >= 11 is 0. The molecule has 2 rings (SSSR count). The monoisotopic (exact) mass is 488 g/mol. The molecule has 1 aliphatic rings. The summed E-state index contributed by atoms with van der Waals surface area (Å²) in [6, 6.07) is 6.16. The number of ketones is 1. The molecule has 0 saturated carbocycles. The average Bonchev–Trinajstić information content (AvgIpc) is 3.25. The van der Waals surface area contributed by atoms with Crippen molar-refractivity contribution in [2.45, 2.75) is 70.5 Å². The summed E-state index contributed by atoms with van der Waals surface area (Å²) in [5.74, 6) is -2.87. The molecule has 3 amide bonds. The second-order valence-corrected chi connectivity index (χ2v) is 9.41. The Hall–Kier alpha value is -3.27. The van der Waals surface area contributed by atoms with Crippen LogP contribution >= 0.6 is 0 Å². The van der Waals surface area contributed by atoms with Crippen molar-refractivity contribution < 1.29 is 29.1 Å². The highest BCUT2D eigenvalue weighted by Crippen LogP contribution is 2.18. The number of hydrogen-bond donors (Lipinski definition) is 4. The quantitative estimate of drug-likeness (QED) is 0.299. The first-order valence-electron chi connectivity index (χ1n) is 12.0. The fourth-order valence-corrected chi connectivity index (χ4v) is 4.07. The fraction of sp³-hybridized carbons (Fsp3) is 0.560. The Balaban J connectivity index is 2.16. The number of nitrogens with one attached hydrogen (secondary N) is 2. The summed E-state index contributed by atoms with van der Waals surface area (Å²) in [5, 5.41) is 14.7. The normalized spacial score (nSPS) is 17.5. The molecule has 0 spiro atoms. The molecule has 1 fully saturated rings. The maximum absolute atomic E-state index is 13.2. The van der Waals surface area contributed by atoms with Gasteiger partial charge in [-0.2, -0.15) is 0 Å². The highest BCUT2D eigenvalue weighted by molar-refractivity contribution is 5.96. The lowest BCUT2D eigenvalue weighted by atomic mass is 10.0. The maximum atomic E-state index is 13.2. The Bertz CT molecular complexity index is 904. The van der Waals surface area contributed by atoms with Gasteiger partial charge in [-0.25, -0.2) is 0 Å². The van der Waals surface area contributed by atoms with Crippen LogP contribution < -0.4 is 16.4 Å². The molecule has 0 bridgehead atoms. The Labute approximate surface area is 205 Å². The Morgan fingerprint density at radius 2 is 1.77 bits per heavy atom. The standard InChI is InChI=1S/C25H36N4O6/c1-16(2)10-11-23(32)27-19(14-22(26)31)24(33)28-18(13-17-7-4-3-5-8-17)21(30)15-29-12-6-9-20(29)25(34)35/h3-5,7-8,16,18-20H,6,9-15H2,1-2H3,(H2,26,31)(H,27,32)(H,28,33)(H,34,35)/t18-,19-,20-/m0/s1. The molecule has 3 atom stereocenters. The molecular weight excluding hydrogens is 452 g/mol. The third-order valence-corrected chi connectivity index (χ3v) is 6.00. The molecule has 1 aromatic rings. The largest absolute Gasteiger partial charge is 0.480 e. The van der Waals surface area contributed by atoms with Crippen molar-refractivity contribution in [2.24, 2.45) is 11.7 Å².